The van der Waals surface area contributed by atoms with Gasteiger partial charge < -0.3 is 13.7 Å². The summed E-state index contributed by atoms with van der Waals surface area (Å²) in [7, 11) is 0. The molecule has 0 amide bonds. The lowest BCUT2D eigenvalue weighted by atomic mass is 9.72. The monoisotopic (exact) mass is 1480 g/mol. The fourth-order valence-corrected chi connectivity index (χ4v) is 15.7. The van der Waals surface area contributed by atoms with Gasteiger partial charge >= 0.3 is 37.1 Å². The first-order valence-corrected chi connectivity index (χ1v) is 33.3. The average molecular weight is 1480 g/mol. The van der Waals surface area contributed by atoms with Crippen molar-refractivity contribution in [1.29, 1.82) is 0 Å². The zero-order valence-corrected chi connectivity index (χ0v) is 55.3. The maximum atomic E-state index is 15.9. The molecule has 4 heterocycles. The fourth-order valence-electron chi connectivity index (χ4n) is 15.7. The molecule has 16 rings (SSSR count). The lowest BCUT2D eigenvalue weighted by Gasteiger charge is -2.38. The molecule has 0 aliphatic carbocycles. The summed E-state index contributed by atoms with van der Waals surface area (Å²) in [6.45, 7) is 0. The van der Waals surface area contributed by atoms with Crippen molar-refractivity contribution in [2.45, 2.75) is 53.3 Å². The van der Waals surface area contributed by atoms with Crippen LogP contribution in [0.4, 0.5) is 79.0 Å². The standard InChI is InChI=1S/C85H49F18N5/c86-80(87,88)77(81(89,90)91,56-37-43-59(44-38-56)106-70-19-7-1-13-62(70)63-14-2-8-20-71(63)106)53-31-25-50(26-32-53)68-49-69(51-27-33-54(34-28-51)78(82(92,93)94,83(95,96)97)57-39-45-60(46-40-57)107-72-21-9-3-15-64(72)65-16-4-10-22-73(65)107)105-76(104-68)52-29-35-55(36-30-52)79(84(98,99)100,85(101,102)103)58-41-47-61(48-42-58)108-74-23-11-5-17-66(74)67-18-6-12-24-75(67)108/h1-49H. The first-order valence-electron chi connectivity index (χ1n) is 33.3. The predicted octanol–water partition coefficient (Wildman–Crippen LogP) is 25.0. The minimum Gasteiger partial charge on any atom is -0.309 e. The van der Waals surface area contributed by atoms with Crippen molar-refractivity contribution in [3.63, 3.8) is 0 Å². The summed E-state index contributed by atoms with van der Waals surface area (Å²) in [6.07, 6.45) is -36.7. The summed E-state index contributed by atoms with van der Waals surface area (Å²) in [5.41, 5.74) is -19.6. The first kappa shape index (κ1) is 70.2. The highest BCUT2D eigenvalue weighted by Gasteiger charge is 2.75. The van der Waals surface area contributed by atoms with E-state index in [2.05, 4.69) is 9.97 Å². The van der Waals surface area contributed by atoms with Crippen LogP contribution in [0.25, 0.3) is 116 Å². The Bertz CT molecular complexity index is 5310. The molecule has 5 nitrogen and oxygen atoms in total. The van der Waals surface area contributed by atoms with Crippen molar-refractivity contribution >= 4 is 65.4 Å². The van der Waals surface area contributed by atoms with E-state index in [4.69, 9.17) is 0 Å². The van der Waals surface area contributed by atoms with E-state index in [1.165, 1.54) is 0 Å². The van der Waals surface area contributed by atoms with Gasteiger partial charge in [-0.3, -0.25) is 0 Å². The zero-order chi connectivity index (χ0) is 75.9. The molecule has 0 saturated heterocycles. The molecule has 0 spiro atoms. The van der Waals surface area contributed by atoms with Crippen LogP contribution in [0, 0.1) is 0 Å². The van der Waals surface area contributed by atoms with Crippen molar-refractivity contribution < 1.29 is 79.0 Å². The molecule has 0 aliphatic rings. The molecule has 4 aromatic heterocycles. The number of hydrogen-bond acceptors (Lipinski definition) is 2. The molecule has 12 aromatic carbocycles. The van der Waals surface area contributed by atoms with E-state index in [0.29, 0.717) is 106 Å². The van der Waals surface area contributed by atoms with Crippen LogP contribution in [0.2, 0.25) is 0 Å². The van der Waals surface area contributed by atoms with Gasteiger partial charge in [-0.25, -0.2) is 9.97 Å². The predicted molar refractivity (Wildman–Crippen MR) is 379 cm³/mol. The molecule has 16 aromatic rings. The van der Waals surface area contributed by atoms with Crippen molar-refractivity contribution in [1.82, 2.24) is 23.7 Å². The number of benzene rings is 12. The highest BCUT2D eigenvalue weighted by molar-refractivity contribution is 6.11. The minimum absolute atomic E-state index is 0.213. The number of nitrogens with zero attached hydrogens (tertiary/aromatic N) is 5. The van der Waals surface area contributed by atoms with E-state index in [-0.39, 0.29) is 33.8 Å². The van der Waals surface area contributed by atoms with Crippen LogP contribution in [-0.4, -0.2) is 60.7 Å². The maximum Gasteiger partial charge on any atom is 0.411 e. The summed E-state index contributed by atoms with van der Waals surface area (Å²) < 4.78 is 292. The second-order valence-corrected chi connectivity index (χ2v) is 26.2. The number of fused-ring (bicyclic) bond motifs is 9. The minimum atomic E-state index is -6.12. The summed E-state index contributed by atoms with van der Waals surface area (Å²) in [6, 6.07) is 62.1. The normalized spacial score (nSPS) is 13.3. The highest BCUT2D eigenvalue weighted by Crippen LogP contribution is 2.60. The van der Waals surface area contributed by atoms with Gasteiger partial charge in [0.25, 0.3) is 0 Å². The van der Waals surface area contributed by atoms with Gasteiger partial charge in [-0.15, -0.1) is 0 Å². The molecule has 0 fully saturated rings. The second kappa shape index (κ2) is 25.0. The van der Waals surface area contributed by atoms with Crippen LogP contribution in [0.15, 0.2) is 297 Å². The van der Waals surface area contributed by atoms with Gasteiger partial charge in [0.05, 0.1) is 44.5 Å². The van der Waals surface area contributed by atoms with Gasteiger partial charge in [-0.2, -0.15) is 79.0 Å². The largest absolute Gasteiger partial charge is 0.411 e. The van der Waals surface area contributed by atoms with Gasteiger partial charge in [0.2, 0.25) is 16.2 Å². The Kier molecular flexibility index (Phi) is 16.2. The quantitative estimate of drug-likeness (QED) is 0.114. The SMILES string of the molecule is FC(F)(F)C(c1ccc(-c2cc(-c3ccc(C(c4ccc(-n5c6ccccc6c6ccccc65)cc4)(C(F)(F)F)C(F)(F)F)cc3)nc(-c3ccc(C(c4ccc(-n5c6ccccc6c6ccccc65)cc4)(C(F)(F)F)C(F)(F)F)cc3)n2)cc1)(c1ccc(-n2c3ccccc3c3ccccc32)cc1)C(F)(F)F. The molecule has 0 aliphatic heterocycles. The van der Waals surface area contributed by atoms with Gasteiger partial charge in [-0.1, -0.05) is 218 Å². The van der Waals surface area contributed by atoms with E-state index < -0.39 is 104 Å². The Morgan fingerprint density at radius 3 is 0.565 bits per heavy atom. The van der Waals surface area contributed by atoms with E-state index in [9.17, 15) is 0 Å². The lowest BCUT2D eigenvalue weighted by Crippen LogP contribution is -2.54. The number of rotatable bonds is 12. The Hall–Kier alpha value is -12.1. The number of alkyl halides is 18. The molecule has 0 unspecified atom stereocenters. The molecule has 108 heavy (non-hydrogen) atoms. The molecule has 540 valence electrons. The summed E-state index contributed by atoms with van der Waals surface area (Å²) in [5.74, 6) is -0.603. The van der Waals surface area contributed by atoms with E-state index in [1.54, 1.807) is 123 Å². The molecular weight excluding hydrogens is 1430 g/mol. The number of halogens is 18. The summed E-state index contributed by atoms with van der Waals surface area (Å²) in [4.78, 5) is 8.93. The highest BCUT2D eigenvalue weighted by atomic mass is 19.4. The summed E-state index contributed by atoms with van der Waals surface area (Å²) >= 11 is 0. The third-order valence-corrected chi connectivity index (χ3v) is 20.5. The van der Waals surface area contributed by atoms with Crippen LogP contribution < -0.4 is 0 Å². The molecule has 0 bridgehead atoms. The fraction of sp³-hybridized carbons (Fsp3) is 0.106. The van der Waals surface area contributed by atoms with Gasteiger partial charge in [0, 0.05) is 66.1 Å². The number of aromatic nitrogens is 5. The first-order chi connectivity index (χ1) is 51.4. The van der Waals surface area contributed by atoms with Crippen LogP contribution in [0.3, 0.4) is 0 Å². The molecular formula is C85H49F18N5. The third kappa shape index (κ3) is 10.6. The second-order valence-electron chi connectivity index (χ2n) is 26.2. The zero-order valence-electron chi connectivity index (χ0n) is 55.3. The topological polar surface area (TPSA) is 40.6 Å². The van der Waals surface area contributed by atoms with E-state index in [1.807, 2.05) is 36.4 Å². The molecule has 0 N–H and O–H groups in total. The van der Waals surface area contributed by atoms with Crippen LogP contribution in [-0.2, 0) is 16.2 Å². The molecule has 23 heteroatoms. The van der Waals surface area contributed by atoms with Crippen molar-refractivity contribution in [3.8, 4) is 51.0 Å². The summed E-state index contributed by atoms with van der Waals surface area (Å²) in [5, 5.41) is 4.51. The van der Waals surface area contributed by atoms with Gasteiger partial charge in [0.15, 0.2) is 5.82 Å². The number of para-hydroxylation sites is 6. The van der Waals surface area contributed by atoms with Crippen molar-refractivity contribution in [2.75, 3.05) is 0 Å². The van der Waals surface area contributed by atoms with Gasteiger partial charge in [-0.05, 0) is 112 Å². The Labute approximate surface area is 600 Å². The van der Waals surface area contributed by atoms with Crippen molar-refractivity contribution in [2.24, 2.45) is 0 Å². The molecule has 0 radical (unpaired) electrons. The lowest BCUT2D eigenvalue weighted by molar-refractivity contribution is -0.290. The Morgan fingerprint density at radius 1 is 0.194 bits per heavy atom. The van der Waals surface area contributed by atoms with Crippen LogP contribution >= 0.6 is 0 Å². The smallest absolute Gasteiger partial charge is 0.309 e. The maximum absolute atomic E-state index is 15.9. The third-order valence-electron chi connectivity index (χ3n) is 20.5. The van der Waals surface area contributed by atoms with Crippen molar-refractivity contribution in [3.05, 3.63) is 331 Å². The van der Waals surface area contributed by atoms with E-state index in [0.717, 1.165) is 111 Å². The van der Waals surface area contributed by atoms with Crippen LogP contribution in [0.5, 0.6) is 0 Å². The molecule has 0 saturated carbocycles. The molecule has 0 atom stereocenters. The average Bonchev–Trinajstić information content (AvgIpc) is 1.11. The Morgan fingerprint density at radius 2 is 0.370 bits per heavy atom. The van der Waals surface area contributed by atoms with E-state index >= 15 is 79.0 Å². The van der Waals surface area contributed by atoms with Crippen LogP contribution in [0.1, 0.15) is 33.4 Å². The number of hydrogen-bond donors (Lipinski definition) is 0. The van der Waals surface area contributed by atoms with Gasteiger partial charge in [0.1, 0.15) is 0 Å². The Balaban J connectivity index is 0.817.